The Labute approximate surface area is 174 Å². The van der Waals surface area contributed by atoms with E-state index in [1.165, 1.54) is 11.1 Å². The quantitative estimate of drug-likeness (QED) is 0.625. The molecule has 0 atom stereocenters. The van der Waals surface area contributed by atoms with Crippen LogP contribution in [0.3, 0.4) is 0 Å². The molecule has 0 spiro atoms. The first-order valence-electron chi connectivity index (χ1n) is 10.8. The van der Waals surface area contributed by atoms with Gasteiger partial charge in [0.1, 0.15) is 5.82 Å². The Morgan fingerprint density at radius 1 is 1.00 bits per heavy atom. The van der Waals surface area contributed by atoms with E-state index in [1.807, 2.05) is 12.3 Å². The third kappa shape index (κ3) is 5.07. The van der Waals surface area contributed by atoms with Crippen LogP contribution in [-0.2, 0) is 13.0 Å². The molecule has 154 valence electrons. The second-order valence-corrected chi connectivity index (χ2v) is 7.69. The molecule has 2 aromatic rings. The zero-order chi connectivity index (χ0) is 19.9. The Bertz CT molecular complexity index is 798. The lowest BCUT2D eigenvalue weighted by Crippen LogP contribution is -2.53. The highest BCUT2D eigenvalue weighted by molar-refractivity contribution is 5.80. The molecule has 3 heterocycles. The summed E-state index contributed by atoms with van der Waals surface area (Å²) in [7, 11) is 0. The maximum atomic E-state index is 4.94. The minimum atomic E-state index is 0.838. The molecule has 4 rings (SSSR count). The number of pyridine rings is 1. The molecular formula is C23H32N6. The molecule has 0 radical (unpaired) electrons. The Morgan fingerprint density at radius 3 is 2.55 bits per heavy atom. The van der Waals surface area contributed by atoms with E-state index in [0.29, 0.717) is 0 Å². The number of rotatable bonds is 5. The van der Waals surface area contributed by atoms with E-state index >= 15 is 0 Å². The van der Waals surface area contributed by atoms with Crippen molar-refractivity contribution < 1.29 is 0 Å². The number of aliphatic imine (C=N–C) groups is 1. The lowest BCUT2D eigenvalue weighted by atomic mass is 10.00. The Hall–Kier alpha value is -2.60. The fourth-order valence-electron chi connectivity index (χ4n) is 4.16. The monoisotopic (exact) mass is 392 g/mol. The standard InChI is InChI=1S/C23H32N6/c1-2-24-23(29-17-15-28(16-18-29)22-9-5-6-11-25-22)26-12-14-27-13-10-20-7-3-4-8-21(20)19-27/h3-9,11H,2,10,12-19H2,1H3,(H,24,26). The van der Waals surface area contributed by atoms with E-state index < -0.39 is 0 Å². The van der Waals surface area contributed by atoms with Gasteiger partial charge in [0.05, 0.1) is 6.54 Å². The smallest absolute Gasteiger partial charge is 0.194 e. The van der Waals surface area contributed by atoms with Crippen molar-refractivity contribution in [3.05, 3.63) is 59.8 Å². The van der Waals surface area contributed by atoms with Gasteiger partial charge in [0.2, 0.25) is 0 Å². The van der Waals surface area contributed by atoms with Gasteiger partial charge in [-0.25, -0.2) is 4.98 Å². The van der Waals surface area contributed by atoms with Crippen molar-refractivity contribution in [3.63, 3.8) is 0 Å². The molecule has 0 saturated carbocycles. The molecule has 1 aromatic heterocycles. The minimum absolute atomic E-state index is 0.838. The van der Waals surface area contributed by atoms with E-state index in [9.17, 15) is 0 Å². The summed E-state index contributed by atoms with van der Waals surface area (Å²) in [6.07, 6.45) is 3.02. The fraction of sp³-hybridized carbons (Fsp3) is 0.478. The molecule has 1 N–H and O–H groups in total. The van der Waals surface area contributed by atoms with Gasteiger partial charge in [-0.1, -0.05) is 30.3 Å². The Kier molecular flexibility index (Phi) is 6.62. The predicted octanol–water partition coefficient (Wildman–Crippen LogP) is 2.23. The van der Waals surface area contributed by atoms with Crippen molar-refractivity contribution >= 4 is 11.8 Å². The van der Waals surface area contributed by atoms with Crippen molar-refractivity contribution in [1.82, 2.24) is 20.1 Å². The number of guanidine groups is 1. The van der Waals surface area contributed by atoms with E-state index in [4.69, 9.17) is 4.99 Å². The average molecular weight is 393 g/mol. The summed E-state index contributed by atoms with van der Waals surface area (Å²) in [5.74, 6) is 2.12. The lowest BCUT2D eigenvalue weighted by molar-refractivity contribution is 0.261. The van der Waals surface area contributed by atoms with Gasteiger partial charge in [-0.3, -0.25) is 9.89 Å². The maximum Gasteiger partial charge on any atom is 0.194 e. The van der Waals surface area contributed by atoms with Crippen molar-refractivity contribution in [1.29, 1.82) is 0 Å². The Morgan fingerprint density at radius 2 is 1.79 bits per heavy atom. The number of hydrogen-bond donors (Lipinski definition) is 1. The lowest BCUT2D eigenvalue weighted by Gasteiger charge is -2.37. The predicted molar refractivity (Wildman–Crippen MR) is 119 cm³/mol. The van der Waals surface area contributed by atoms with Gasteiger partial charge in [-0.2, -0.15) is 0 Å². The van der Waals surface area contributed by atoms with Crippen LogP contribution >= 0.6 is 0 Å². The molecule has 29 heavy (non-hydrogen) atoms. The average Bonchev–Trinajstić information content (AvgIpc) is 2.79. The summed E-state index contributed by atoms with van der Waals surface area (Å²) in [6, 6.07) is 14.9. The number of fused-ring (bicyclic) bond motifs is 1. The van der Waals surface area contributed by atoms with Crippen LogP contribution in [0.25, 0.3) is 0 Å². The molecule has 6 nitrogen and oxygen atoms in total. The van der Waals surface area contributed by atoms with Crippen molar-refractivity contribution in [3.8, 4) is 0 Å². The topological polar surface area (TPSA) is 47.0 Å². The molecule has 1 saturated heterocycles. The number of hydrogen-bond acceptors (Lipinski definition) is 4. The molecular weight excluding hydrogens is 360 g/mol. The highest BCUT2D eigenvalue weighted by Gasteiger charge is 2.20. The maximum absolute atomic E-state index is 4.94. The largest absolute Gasteiger partial charge is 0.357 e. The molecule has 2 aliphatic heterocycles. The first kappa shape index (κ1) is 19.7. The number of aromatic nitrogens is 1. The van der Waals surface area contributed by atoms with Crippen LogP contribution in [0.15, 0.2) is 53.7 Å². The normalized spacial score (nSPS) is 17.9. The molecule has 0 aliphatic carbocycles. The first-order valence-corrected chi connectivity index (χ1v) is 10.8. The second kappa shape index (κ2) is 9.74. The molecule has 2 aliphatic rings. The minimum Gasteiger partial charge on any atom is -0.357 e. The SMILES string of the molecule is CCNC(=NCCN1CCc2ccccc2C1)N1CCN(c2ccccn2)CC1. The van der Waals surface area contributed by atoms with Crippen LogP contribution in [0, 0.1) is 0 Å². The number of nitrogens with one attached hydrogen (secondary N) is 1. The van der Waals surface area contributed by atoms with E-state index in [1.54, 1.807) is 0 Å². The third-order valence-corrected chi connectivity index (χ3v) is 5.77. The van der Waals surface area contributed by atoms with Gasteiger partial charge in [-0.15, -0.1) is 0 Å². The van der Waals surface area contributed by atoms with Crippen molar-refractivity contribution in [2.75, 3.05) is 57.3 Å². The molecule has 1 fully saturated rings. The first-order chi connectivity index (χ1) is 14.3. The van der Waals surface area contributed by atoms with Gasteiger partial charge in [-0.05, 0) is 36.6 Å². The van der Waals surface area contributed by atoms with Crippen LogP contribution in [0.1, 0.15) is 18.1 Å². The fourth-order valence-corrected chi connectivity index (χ4v) is 4.16. The summed E-state index contributed by atoms with van der Waals surface area (Å²) in [6.45, 7) is 11.0. The van der Waals surface area contributed by atoms with Crippen LogP contribution in [0.5, 0.6) is 0 Å². The molecule has 0 amide bonds. The molecule has 0 bridgehead atoms. The summed E-state index contributed by atoms with van der Waals surface area (Å²) in [4.78, 5) is 16.7. The van der Waals surface area contributed by atoms with Crippen LogP contribution < -0.4 is 10.2 Å². The van der Waals surface area contributed by atoms with Gasteiger partial charge in [0, 0.05) is 58.6 Å². The summed E-state index contributed by atoms with van der Waals surface area (Å²) in [5.41, 5.74) is 2.98. The summed E-state index contributed by atoms with van der Waals surface area (Å²) in [5, 5.41) is 3.48. The molecule has 1 aromatic carbocycles. The van der Waals surface area contributed by atoms with Crippen molar-refractivity contribution in [2.45, 2.75) is 19.9 Å². The van der Waals surface area contributed by atoms with Gasteiger partial charge < -0.3 is 15.1 Å². The van der Waals surface area contributed by atoms with E-state index in [2.05, 4.69) is 68.3 Å². The van der Waals surface area contributed by atoms with E-state index in [0.717, 1.165) is 77.1 Å². The Balaban J connectivity index is 1.29. The summed E-state index contributed by atoms with van der Waals surface area (Å²) >= 11 is 0. The number of piperazine rings is 1. The van der Waals surface area contributed by atoms with Crippen LogP contribution in [0.4, 0.5) is 5.82 Å². The zero-order valence-corrected chi connectivity index (χ0v) is 17.4. The molecule has 6 heteroatoms. The number of nitrogens with zero attached hydrogens (tertiary/aromatic N) is 5. The van der Waals surface area contributed by atoms with Crippen LogP contribution in [-0.4, -0.2) is 73.1 Å². The van der Waals surface area contributed by atoms with Crippen LogP contribution in [0.2, 0.25) is 0 Å². The highest BCUT2D eigenvalue weighted by Crippen LogP contribution is 2.18. The van der Waals surface area contributed by atoms with E-state index in [-0.39, 0.29) is 0 Å². The zero-order valence-electron chi connectivity index (χ0n) is 17.4. The third-order valence-electron chi connectivity index (χ3n) is 5.77. The summed E-state index contributed by atoms with van der Waals surface area (Å²) < 4.78 is 0. The van der Waals surface area contributed by atoms with Crippen molar-refractivity contribution in [2.24, 2.45) is 4.99 Å². The second-order valence-electron chi connectivity index (χ2n) is 7.69. The van der Waals surface area contributed by atoms with Gasteiger partial charge in [0.25, 0.3) is 0 Å². The van der Waals surface area contributed by atoms with Gasteiger partial charge in [0.15, 0.2) is 5.96 Å². The van der Waals surface area contributed by atoms with Gasteiger partial charge >= 0.3 is 0 Å². The number of anilines is 1. The molecule has 0 unspecified atom stereocenters. The number of benzene rings is 1. The highest BCUT2D eigenvalue weighted by atomic mass is 15.4.